The SMILES string of the molecule is CC1=CC=C(CCCc2ccccc2)C=CC1. The second-order valence-electron chi connectivity index (χ2n) is 4.70. The first-order chi connectivity index (χ1) is 8.34. The average molecular weight is 224 g/mol. The van der Waals surface area contributed by atoms with E-state index in [4.69, 9.17) is 0 Å². The van der Waals surface area contributed by atoms with Gasteiger partial charge in [-0.2, -0.15) is 0 Å². The predicted molar refractivity (Wildman–Crippen MR) is 75.0 cm³/mol. The lowest BCUT2D eigenvalue weighted by atomic mass is 10.0. The molecule has 1 aliphatic carbocycles. The molecule has 0 amide bonds. The lowest BCUT2D eigenvalue weighted by Gasteiger charge is -2.02. The van der Waals surface area contributed by atoms with E-state index in [0.29, 0.717) is 0 Å². The molecular weight excluding hydrogens is 204 g/mol. The van der Waals surface area contributed by atoms with Crippen LogP contribution in [0.1, 0.15) is 31.7 Å². The minimum Gasteiger partial charge on any atom is -0.0802 e. The van der Waals surface area contributed by atoms with E-state index in [-0.39, 0.29) is 0 Å². The topological polar surface area (TPSA) is 0 Å². The van der Waals surface area contributed by atoms with Crippen LogP contribution in [0, 0.1) is 0 Å². The van der Waals surface area contributed by atoms with Crippen LogP contribution in [0.15, 0.2) is 65.8 Å². The highest BCUT2D eigenvalue weighted by Crippen LogP contribution is 2.16. The fourth-order valence-corrected chi connectivity index (χ4v) is 2.08. The molecule has 2 rings (SSSR count). The molecule has 88 valence electrons. The molecule has 0 N–H and O–H groups in total. The lowest BCUT2D eigenvalue weighted by molar-refractivity contribution is 0.824. The van der Waals surface area contributed by atoms with Gasteiger partial charge in [0.25, 0.3) is 0 Å². The standard InChI is InChI=1S/C17H20/c1-15-7-5-10-17(14-13-15)12-6-11-16-8-3-2-4-9-16/h2-5,8-10,13-14H,6-7,11-12H2,1H3. The molecular formula is C17H20. The Labute approximate surface area is 104 Å². The smallest absolute Gasteiger partial charge is 0.0135 e. The molecule has 17 heavy (non-hydrogen) atoms. The summed E-state index contributed by atoms with van der Waals surface area (Å²) in [6.07, 6.45) is 13.7. The molecule has 0 saturated carbocycles. The third-order valence-corrected chi connectivity index (χ3v) is 3.13. The number of hydrogen-bond acceptors (Lipinski definition) is 0. The maximum atomic E-state index is 2.28. The average Bonchev–Trinajstić information content (AvgIpc) is 2.56. The monoisotopic (exact) mass is 224 g/mol. The van der Waals surface area contributed by atoms with Crippen LogP contribution in [-0.2, 0) is 6.42 Å². The third-order valence-electron chi connectivity index (χ3n) is 3.13. The highest BCUT2D eigenvalue weighted by molar-refractivity contribution is 5.30. The van der Waals surface area contributed by atoms with Crippen molar-refractivity contribution < 1.29 is 0 Å². The second kappa shape index (κ2) is 6.24. The Bertz CT molecular complexity index is 432. The van der Waals surface area contributed by atoms with Crippen molar-refractivity contribution in [1.82, 2.24) is 0 Å². The summed E-state index contributed by atoms with van der Waals surface area (Å²) in [5.74, 6) is 0. The van der Waals surface area contributed by atoms with Gasteiger partial charge in [-0.25, -0.2) is 0 Å². The minimum atomic E-state index is 1.10. The highest BCUT2D eigenvalue weighted by atomic mass is 14.0. The summed E-state index contributed by atoms with van der Waals surface area (Å²) in [6.45, 7) is 2.19. The summed E-state index contributed by atoms with van der Waals surface area (Å²) in [5.41, 5.74) is 4.34. The normalized spacial score (nSPS) is 15.1. The van der Waals surface area contributed by atoms with Crippen molar-refractivity contribution in [3.8, 4) is 0 Å². The Morgan fingerprint density at radius 1 is 1.00 bits per heavy atom. The van der Waals surface area contributed by atoms with Crippen molar-refractivity contribution in [2.45, 2.75) is 32.6 Å². The van der Waals surface area contributed by atoms with Crippen LogP contribution >= 0.6 is 0 Å². The fourth-order valence-electron chi connectivity index (χ4n) is 2.08. The molecule has 0 heterocycles. The quantitative estimate of drug-likeness (QED) is 0.686. The van der Waals surface area contributed by atoms with Crippen molar-refractivity contribution in [2.24, 2.45) is 0 Å². The molecule has 1 aromatic rings. The van der Waals surface area contributed by atoms with Crippen LogP contribution < -0.4 is 0 Å². The van der Waals surface area contributed by atoms with Crippen molar-refractivity contribution in [2.75, 3.05) is 0 Å². The van der Waals surface area contributed by atoms with Gasteiger partial charge in [0, 0.05) is 0 Å². The van der Waals surface area contributed by atoms with E-state index in [1.54, 1.807) is 0 Å². The van der Waals surface area contributed by atoms with Crippen molar-refractivity contribution in [3.63, 3.8) is 0 Å². The van der Waals surface area contributed by atoms with Crippen LogP contribution in [0.5, 0.6) is 0 Å². The Hall–Kier alpha value is -1.56. The van der Waals surface area contributed by atoms with Crippen molar-refractivity contribution in [3.05, 3.63) is 71.3 Å². The number of allylic oxidation sites excluding steroid dienone is 6. The number of rotatable bonds is 4. The zero-order chi connectivity index (χ0) is 11.9. The van der Waals surface area contributed by atoms with Gasteiger partial charge >= 0.3 is 0 Å². The molecule has 0 heteroatoms. The maximum Gasteiger partial charge on any atom is -0.0135 e. The van der Waals surface area contributed by atoms with E-state index in [2.05, 4.69) is 61.6 Å². The number of hydrogen-bond donors (Lipinski definition) is 0. The van der Waals surface area contributed by atoms with Crippen LogP contribution in [0.3, 0.4) is 0 Å². The number of aryl methyl sites for hydroxylation is 1. The number of benzene rings is 1. The molecule has 0 spiro atoms. The first kappa shape index (κ1) is 11.9. The van der Waals surface area contributed by atoms with E-state index < -0.39 is 0 Å². The van der Waals surface area contributed by atoms with Gasteiger partial charge in [-0.05, 0) is 43.7 Å². The first-order valence-corrected chi connectivity index (χ1v) is 6.41. The third kappa shape index (κ3) is 4.07. The Kier molecular flexibility index (Phi) is 4.37. The molecule has 0 fully saturated rings. The van der Waals surface area contributed by atoms with Crippen LogP contribution in [-0.4, -0.2) is 0 Å². The molecule has 0 unspecified atom stereocenters. The molecule has 1 aromatic carbocycles. The van der Waals surface area contributed by atoms with E-state index in [1.807, 2.05) is 0 Å². The second-order valence-corrected chi connectivity index (χ2v) is 4.70. The van der Waals surface area contributed by atoms with Gasteiger partial charge in [0.05, 0.1) is 0 Å². The van der Waals surface area contributed by atoms with Crippen LogP contribution in [0.25, 0.3) is 0 Å². The van der Waals surface area contributed by atoms with Gasteiger partial charge in [-0.3, -0.25) is 0 Å². The van der Waals surface area contributed by atoms with E-state index in [1.165, 1.54) is 36.0 Å². The summed E-state index contributed by atoms with van der Waals surface area (Å²) in [4.78, 5) is 0. The molecule has 0 atom stereocenters. The molecule has 0 nitrogen and oxygen atoms in total. The Morgan fingerprint density at radius 3 is 2.65 bits per heavy atom. The fraction of sp³-hybridized carbons (Fsp3) is 0.294. The zero-order valence-corrected chi connectivity index (χ0v) is 10.5. The van der Waals surface area contributed by atoms with Crippen molar-refractivity contribution >= 4 is 0 Å². The minimum absolute atomic E-state index is 1.10. The molecule has 0 saturated heterocycles. The summed E-state index contributed by atoms with van der Waals surface area (Å²) >= 11 is 0. The van der Waals surface area contributed by atoms with Gasteiger partial charge in [-0.15, -0.1) is 0 Å². The lowest BCUT2D eigenvalue weighted by Crippen LogP contribution is -1.86. The Balaban J connectivity index is 1.83. The summed E-state index contributed by atoms with van der Waals surface area (Å²) < 4.78 is 0. The first-order valence-electron chi connectivity index (χ1n) is 6.41. The van der Waals surface area contributed by atoms with Crippen LogP contribution in [0.4, 0.5) is 0 Å². The molecule has 0 bridgehead atoms. The van der Waals surface area contributed by atoms with Gasteiger partial charge in [0.15, 0.2) is 0 Å². The van der Waals surface area contributed by atoms with Gasteiger partial charge in [0.1, 0.15) is 0 Å². The highest BCUT2D eigenvalue weighted by Gasteiger charge is 1.97. The zero-order valence-electron chi connectivity index (χ0n) is 10.5. The summed E-state index contributed by atoms with van der Waals surface area (Å²) in [7, 11) is 0. The molecule has 1 aliphatic rings. The molecule has 0 aromatic heterocycles. The van der Waals surface area contributed by atoms with Gasteiger partial charge in [0.2, 0.25) is 0 Å². The van der Waals surface area contributed by atoms with E-state index in [9.17, 15) is 0 Å². The summed E-state index contributed by atoms with van der Waals surface area (Å²) in [6, 6.07) is 10.7. The largest absolute Gasteiger partial charge is 0.0802 e. The van der Waals surface area contributed by atoms with Gasteiger partial charge < -0.3 is 0 Å². The predicted octanol–water partition coefficient (Wildman–Crippen LogP) is 4.84. The Morgan fingerprint density at radius 2 is 1.82 bits per heavy atom. The summed E-state index contributed by atoms with van der Waals surface area (Å²) in [5, 5.41) is 0. The van der Waals surface area contributed by atoms with Crippen molar-refractivity contribution in [1.29, 1.82) is 0 Å². The molecule has 0 radical (unpaired) electrons. The van der Waals surface area contributed by atoms with E-state index in [0.717, 1.165) is 6.42 Å². The molecule has 0 aliphatic heterocycles. The maximum absolute atomic E-state index is 2.28. The van der Waals surface area contributed by atoms with E-state index >= 15 is 0 Å². The van der Waals surface area contributed by atoms with Gasteiger partial charge in [-0.1, -0.05) is 60.2 Å². The van der Waals surface area contributed by atoms with Crippen LogP contribution in [0.2, 0.25) is 0 Å².